The van der Waals surface area contributed by atoms with E-state index in [1.165, 1.54) is 0 Å². The lowest BCUT2D eigenvalue weighted by Gasteiger charge is -2.10. The summed E-state index contributed by atoms with van der Waals surface area (Å²) < 4.78 is 10.5. The van der Waals surface area contributed by atoms with Crippen molar-refractivity contribution in [2.24, 2.45) is 16.6 Å². The van der Waals surface area contributed by atoms with E-state index in [0.717, 1.165) is 12.1 Å². The number of ether oxygens (including phenoxy) is 2. The van der Waals surface area contributed by atoms with Crippen LogP contribution in [-0.2, 0) is 11.3 Å². The first-order valence-corrected chi connectivity index (χ1v) is 6.73. The van der Waals surface area contributed by atoms with Gasteiger partial charge in [0, 0.05) is 25.4 Å². The van der Waals surface area contributed by atoms with Gasteiger partial charge in [-0.15, -0.1) is 0 Å². The van der Waals surface area contributed by atoms with E-state index >= 15 is 0 Å². The average molecular weight is 280 g/mol. The van der Waals surface area contributed by atoms with Gasteiger partial charge < -0.3 is 20.5 Å². The first-order valence-electron chi connectivity index (χ1n) is 6.73. The molecule has 3 N–H and O–H groups in total. The van der Waals surface area contributed by atoms with Gasteiger partial charge in [-0.1, -0.05) is 19.9 Å². The average Bonchev–Trinajstić information content (AvgIpc) is 2.44. The van der Waals surface area contributed by atoms with Gasteiger partial charge in [0.05, 0.1) is 13.2 Å². The van der Waals surface area contributed by atoms with Crippen LogP contribution in [-0.4, -0.2) is 37.8 Å². The van der Waals surface area contributed by atoms with Crippen molar-refractivity contribution in [2.45, 2.75) is 20.4 Å². The molecule has 0 atom stereocenters. The maximum atomic E-state index is 5.80. The molecule has 0 aliphatic rings. The molecule has 1 aromatic heterocycles. The number of methoxy groups -OCH3 is 1. The minimum atomic E-state index is 0.436. The minimum Gasteiger partial charge on any atom is -0.475 e. The van der Waals surface area contributed by atoms with Crippen LogP contribution >= 0.6 is 0 Å². The summed E-state index contributed by atoms with van der Waals surface area (Å²) in [5, 5.41) is 3.07. The van der Waals surface area contributed by atoms with Crippen molar-refractivity contribution in [3.05, 3.63) is 23.9 Å². The minimum absolute atomic E-state index is 0.436. The smallest absolute Gasteiger partial charge is 0.218 e. The highest BCUT2D eigenvalue weighted by atomic mass is 16.5. The van der Waals surface area contributed by atoms with Gasteiger partial charge in [0.15, 0.2) is 5.96 Å². The number of hydrogen-bond acceptors (Lipinski definition) is 4. The second-order valence-corrected chi connectivity index (χ2v) is 4.79. The molecular formula is C14H24N4O2. The highest BCUT2D eigenvalue weighted by Gasteiger charge is 2.04. The number of hydrogen-bond donors (Lipinski definition) is 2. The van der Waals surface area contributed by atoms with Gasteiger partial charge >= 0.3 is 0 Å². The zero-order chi connectivity index (χ0) is 14.8. The summed E-state index contributed by atoms with van der Waals surface area (Å²) in [6.07, 6.45) is 1.69. The summed E-state index contributed by atoms with van der Waals surface area (Å²) in [6, 6.07) is 3.78. The third kappa shape index (κ3) is 6.38. The number of nitrogens with one attached hydrogen (secondary N) is 1. The summed E-state index contributed by atoms with van der Waals surface area (Å²) in [5.41, 5.74) is 6.70. The Hall–Kier alpha value is -1.82. The number of aliphatic imine (C=N–C) groups is 1. The topological polar surface area (TPSA) is 81.8 Å². The van der Waals surface area contributed by atoms with E-state index in [1.54, 1.807) is 13.3 Å². The number of pyridine rings is 1. The number of nitrogens with zero attached hydrogens (tertiary/aromatic N) is 2. The number of guanidine groups is 1. The molecule has 20 heavy (non-hydrogen) atoms. The van der Waals surface area contributed by atoms with E-state index in [4.69, 9.17) is 15.2 Å². The van der Waals surface area contributed by atoms with Gasteiger partial charge in [0.1, 0.15) is 6.61 Å². The van der Waals surface area contributed by atoms with Crippen LogP contribution in [0.3, 0.4) is 0 Å². The van der Waals surface area contributed by atoms with Crippen LogP contribution in [0.4, 0.5) is 0 Å². The normalized spacial score (nSPS) is 11.7. The molecule has 6 heteroatoms. The molecule has 0 unspecified atom stereocenters. The van der Waals surface area contributed by atoms with Gasteiger partial charge in [-0.05, 0) is 12.0 Å². The van der Waals surface area contributed by atoms with Crippen molar-refractivity contribution < 1.29 is 9.47 Å². The Morgan fingerprint density at radius 1 is 1.45 bits per heavy atom. The van der Waals surface area contributed by atoms with Gasteiger partial charge in [-0.3, -0.25) is 0 Å². The molecule has 0 saturated carbocycles. The Morgan fingerprint density at radius 2 is 2.25 bits per heavy atom. The molecule has 1 rings (SSSR count). The molecule has 1 heterocycles. The Labute approximate surface area is 120 Å². The van der Waals surface area contributed by atoms with E-state index in [2.05, 4.69) is 29.1 Å². The molecule has 0 aliphatic carbocycles. The van der Waals surface area contributed by atoms with E-state index in [9.17, 15) is 0 Å². The van der Waals surface area contributed by atoms with Crippen LogP contribution in [0.15, 0.2) is 23.3 Å². The molecule has 0 fully saturated rings. The second-order valence-electron chi connectivity index (χ2n) is 4.79. The van der Waals surface area contributed by atoms with Crippen molar-refractivity contribution >= 4 is 5.96 Å². The molecular weight excluding hydrogens is 256 g/mol. The molecule has 0 spiro atoms. The van der Waals surface area contributed by atoms with Crippen molar-refractivity contribution in [1.82, 2.24) is 10.3 Å². The van der Waals surface area contributed by atoms with Crippen LogP contribution < -0.4 is 15.8 Å². The number of rotatable bonds is 8. The van der Waals surface area contributed by atoms with Crippen molar-refractivity contribution in [3.63, 3.8) is 0 Å². The lowest BCUT2D eigenvalue weighted by Crippen LogP contribution is -2.34. The van der Waals surface area contributed by atoms with E-state index in [0.29, 0.717) is 37.5 Å². The predicted octanol–water partition coefficient (Wildman–Crippen LogP) is 1.17. The van der Waals surface area contributed by atoms with Crippen LogP contribution in [0.25, 0.3) is 0 Å². The fourth-order valence-corrected chi connectivity index (χ4v) is 1.43. The fourth-order valence-electron chi connectivity index (χ4n) is 1.43. The monoisotopic (exact) mass is 280 g/mol. The first-order chi connectivity index (χ1) is 9.63. The Bertz CT molecular complexity index is 421. The molecule has 0 aliphatic heterocycles. The number of aromatic nitrogens is 1. The van der Waals surface area contributed by atoms with E-state index < -0.39 is 0 Å². The van der Waals surface area contributed by atoms with Crippen LogP contribution in [0.1, 0.15) is 19.4 Å². The van der Waals surface area contributed by atoms with Crippen LogP contribution in [0, 0.1) is 5.92 Å². The third-order valence-corrected chi connectivity index (χ3v) is 2.49. The van der Waals surface area contributed by atoms with E-state index in [1.807, 2.05) is 12.1 Å². The highest BCUT2D eigenvalue weighted by molar-refractivity contribution is 5.77. The zero-order valence-corrected chi connectivity index (χ0v) is 12.4. The van der Waals surface area contributed by atoms with Gasteiger partial charge in [-0.25, -0.2) is 9.98 Å². The third-order valence-electron chi connectivity index (χ3n) is 2.49. The molecule has 0 aromatic carbocycles. The van der Waals surface area contributed by atoms with Crippen molar-refractivity contribution in [1.29, 1.82) is 0 Å². The SMILES string of the molecule is COCCOc1ncccc1CN=C(N)NCC(C)C. The lowest BCUT2D eigenvalue weighted by molar-refractivity contribution is 0.143. The summed E-state index contributed by atoms with van der Waals surface area (Å²) in [4.78, 5) is 8.48. The molecule has 0 bridgehead atoms. The van der Waals surface area contributed by atoms with Crippen LogP contribution in [0.2, 0.25) is 0 Å². The lowest BCUT2D eigenvalue weighted by atomic mass is 10.2. The van der Waals surface area contributed by atoms with Gasteiger partial charge in [-0.2, -0.15) is 0 Å². The summed E-state index contributed by atoms with van der Waals surface area (Å²) in [6.45, 7) is 6.46. The second kappa shape index (κ2) is 9.14. The Balaban J connectivity index is 2.55. The quantitative estimate of drug-likeness (QED) is 0.424. The molecule has 0 radical (unpaired) electrons. The molecule has 1 aromatic rings. The zero-order valence-electron chi connectivity index (χ0n) is 12.4. The Kier molecular flexibility index (Phi) is 7.42. The maximum absolute atomic E-state index is 5.80. The summed E-state index contributed by atoms with van der Waals surface area (Å²) in [5.74, 6) is 1.53. The molecule has 0 amide bonds. The summed E-state index contributed by atoms with van der Waals surface area (Å²) >= 11 is 0. The largest absolute Gasteiger partial charge is 0.475 e. The van der Waals surface area contributed by atoms with Crippen molar-refractivity contribution in [3.8, 4) is 5.88 Å². The van der Waals surface area contributed by atoms with Crippen LogP contribution in [0.5, 0.6) is 5.88 Å². The highest BCUT2D eigenvalue weighted by Crippen LogP contribution is 2.15. The Morgan fingerprint density at radius 3 is 2.95 bits per heavy atom. The van der Waals surface area contributed by atoms with E-state index in [-0.39, 0.29) is 0 Å². The van der Waals surface area contributed by atoms with Gasteiger partial charge in [0.25, 0.3) is 0 Å². The molecule has 0 saturated heterocycles. The van der Waals surface area contributed by atoms with Crippen molar-refractivity contribution in [2.75, 3.05) is 26.9 Å². The predicted molar refractivity (Wildman–Crippen MR) is 79.8 cm³/mol. The number of nitrogens with two attached hydrogens (primary N) is 1. The first kappa shape index (κ1) is 16.2. The maximum Gasteiger partial charge on any atom is 0.218 e. The fraction of sp³-hybridized carbons (Fsp3) is 0.571. The molecule has 112 valence electrons. The standard InChI is InChI=1S/C14H24N4O2/c1-11(2)9-17-14(15)18-10-12-5-4-6-16-13(12)20-8-7-19-3/h4-6,11H,7-10H2,1-3H3,(H3,15,17,18). The van der Waals surface area contributed by atoms with Gasteiger partial charge in [0.2, 0.25) is 5.88 Å². The summed E-state index contributed by atoms with van der Waals surface area (Å²) in [7, 11) is 1.63. The molecule has 6 nitrogen and oxygen atoms in total.